The molecular formula is C10H13NOS. The number of hydrogen-bond acceptors (Lipinski definition) is 2. The second kappa shape index (κ2) is 4.33. The van der Waals surface area contributed by atoms with Crippen LogP contribution >= 0.6 is 11.8 Å². The van der Waals surface area contributed by atoms with E-state index in [1.54, 1.807) is 11.8 Å². The van der Waals surface area contributed by atoms with Crippen LogP contribution in [0.1, 0.15) is 12.5 Å². The molecule has 3 heteroatoms. The molecule has 1 rings (SSSR count). The van der Waals surface area contributed by atoms with Crippen molar-refractivity contribution < 1.29 is 4.79 Å². The summed E-state index contributed by atoms with van der Waals surface area (Å²) in [5, 5.41) is 2.78. The van der Waals surface area contributed by atoms with Gasteiger partial charge in [0.25, 0.3) is 0 Å². The first-order valence-corrected chi connectivity index (χ1v) is 5.28. The summed E-state index contributed by atoms with van der Waals surface area (Å²) in [5.74, 6) is -0.0278. The Labute approximate surface area is 82.7 Å². The number of anilines is 1. The number of nitrogens with one attached hydrogen (secondary N) is 1. The van der Waals surface area contributed by atoms with Crippen LogP contribution < -0.4 is 5.32 Å². The van der Waals surface area contributed by atoms with E-state index in [1.165, 1.54) is 11.8 Å². The molecule has 70 valence electrons. The molecule has 0 saturated carbocycles. The summed E-state index contributed by atoms with van der Waals surface area (Å²) in [6, 6.07) is 6.00. The molecule has 0 fully saturated rings. The van der Waals surface area contributed by atoms with Crippen LogP contribution in [0.25, 0.3) is 0 Å². The molecule has 0 radical (unpaired) electrons. The average Bonchev–Trinajstić information content (AvgIpc) is 2.08. The summed E-state index contributed by atoms with van der Waals surface area (Å²) in [7, 11) is 0. The largest absolute Gasteiger partial charge is 0.326 e. The number of carbonyl (C=O) groups excluding carboxylic acids is 1. The minimum absolute atomic E-state index is 0.0278. The Hall–Kier alpha value is -0.960. The molecule has 0 aliphatic rings. The van der Waals surface area contributed by atoms with E-state index in [4.69, 9.17) is 0 Å². The summed E-state index contributed by atoms with van der Waals surface area (Å²) in [5.41, 5.74) is 1.99. The summed E-state index contributed by atoms with van der Waals surface area (Å²) in [6.07, 6.45) is 2.03. The standard InChI is InChI=1S/C10H13NOS/c1-7-6-9(13-3)4-5-10(7)11-8(2)12/h4-6H,1-3H3,(H,11,12). The van der Waals surface area contributed by atoms with Crippen LogP contribution in [0.2, 0.25) is 0 Å². The van der Waals surface area contributed by atoms with Crippen molar-refractivity contribution in [3.63, 3.8) is 0 Å². The van der Waals surface area contributed by atoms with Crippen molar-refractivity contribution in [2.45, 2.75) is 18.7 Å². The van der Waals surface area contributed by atoms with E-state index in [9.17, 15) is 4.79 Å². The molecule has 0 bridgehead atoms. The van der Waals surface area contributed by atoms with Gasteiger partial charge in [0.1, 0.15) is 0 Å². The first-order valence-electron chi connectivity index (χ1n) is 4.05. The molecule has 0 aliphatic heterocycles. The highest BCUT2D eigenvalue weighted by Gasteiger charge is 2.00. The highest BCUT2D eigenvalue weighted by Crippen LogP contribution is 2.21. The second-order valence-corrected chi connectivity index (χ2v) is 3.74. The molecule has 0 atom stereocenters. The van der Waals surface area contributed by atoms with Crippen molar-refractivity contribution in [1.82, 2.24) is 0 Å². The van der Waals surface area contributed by atoms with Crippen molar-refractivity contribution in [3.05, 3.63) is 23.8 Å². The highest BCUT2D eigenvalue weighted by molar-refractivity contribution is 7.98. The molecule has 0 aliphatic carbocycles. The number of rotatable bonds is 2. The van der Waals surface area contributed by atoms with Gasteiger partial charge in [-0.05, 0) is 36.9 Å². The lowest BCUT2D eigenvalue weighted by Crippen LogP contribution is -2.06. The average molecular weight is 195 g/mol. The van der Waals surface area contributed by atoms with E-state index >= 15 is 0 Å². The van der Waals surface area contributed by atoms with Crippen LogP contribution in [0.3, 0.4) is 0 Å². The van der Waals surface area contributed by atoms with Crippen molar-refractivity contribution in [2.24, 2.45) is 0 Å². The van der Waals surface area contributed by atoms with E-state index < -0.39 is 0 Å². The number of hydrogen-bond donors (Lipinski definition) is 1. The number of benzene rings is 1. The van der Waals surface area contributed by atoms with Crippen LogP contribution in [-0.4, -0.2) is 12.2 Å². The third-order valence-electron chi connectivity index (χ3n) is 1.74. The Balaban J connectivity index is 2.91. The van der Waals surface area contributed by atoms with Gasteiger partial charge in [-0.1, -0.05) is 0 Å². The normalized spacial score (nSPS) is 9.77. The second-order valence-electron chi connectivity index (χ2n) is 2.86. The van der Waals surface area contributed by atoms with Gasteiger partial charge in [0, 0.05) is 17.5 Å². The van der Waals surface area contributed by atoms with E-state index in [-0.39, 0.29) is 5.91 Å². The first kappa shape index (κ1) is 10.1. The van der Waals surface area contributed by atoms with Crippen molar-refractivity contribution in [3.8, 4) is 0 Å². The first-order chi connectivity index (χ1) is 6.13. The lowest BCUT2D eigenvalue weighted by Gasteiger charge is -2.07. The topological polar surface area (TPSA) is 29.1 Å². The van der Waals surface area contributed by atoms with Gasteiger partial charge in [-0.2, -0.15) is 0 Å². The summed E-state index contributed by atoms with van der Waals surface area (Å²) in [4.78, 5) is 12.0. The molecule has 0 unspecified atom stereocenters. The number of thioether (sulfide) groups is 1. The summed E-state index contributed by atoms with van der Waals surface area (Å²) in [6.45, 7) is 3.51. The van der Waals surface area contributed by atoms with Gasteiger partial charge in [-0.3, -0.25) is 4.79 Å². The third kappa shape index (κ3) is 2.77. The fourth-order valence-electron chi connectivity index (χ4n) is 1.09. The maximum Gasteiger partial charge on any atom is 0.221 e. The van der Waals surface area contributed by atoms with E-state index in [0.717, 1.165) is 11.3 Å². The molecule has 1 aromatic rings. The Kier molecular flexibility index (Phi) is 3.37. The predicted molar refractivity (Wildman–Crippen MR) is 57.3 cm³/mol. The fourth-order valence-corrected chi connectivity index (χ4v) is 1.59. The quantitative estimate of drug-likeness (QED) is 0.735. The highest BCUT2D eigenvalue weighted by atomic mass is 32.2. The van der Waals surface area contributed by atoms with Gasteiger partial charge < -0.3 is 5.32 Å². The Morgan fingerprint density at radius 1 is 1.46 bits per heavy atom. The molecule has 1 aromatic carbocycles. The lowest BCUT2D eigenvalue weighted by molar-refractivity contribution is -0.114. The van der Waals surface area contributed by atoms with Crippen molar-refractivity contribution in [1.29, 1.82) is 0 Å². The molecule has 13 heavy (non-hydrogen) atoms. The van der Waals surface area contributed by atoms with E-state index in [0.29, 0.717) is 0 Å². The van der Waals surface area contributed by atoms with Crippen LogP contribution in [0.5, 0.6) is 0 Å². The van der Waals surface area contributed by atoms with Gasteiger partial charge >= 0.3 is 0 Å². The van der Waals surface area contributed by atoms with Crippen LogP contribution in [0, 0.1) is 6.92 Å². The van der Waals surface area contributed by atoms with Crippen molar-refractivity contribution >= 4 is 23.4 Å². The number of carbonyl (C=O) groups is 1. The molecule has 0 saturated heterocycles. The fraction of sp³-hybridized carbons (Fsp3) is 0.300. The molecule has 0 spiro atoms. The van der Waals surface area contributed by atoms with Gasteiger partial charge in [0.15, 0.2) is 0 Å². The van der Waals surface area contributed by atoms with Crippen LogP contribution in [0.4, 0.5) is 5.69 Å². The molecular weight excluding hydrogens is 182 g/mol. The Morgan fingerprint density at radius 2 is 2.15 bits per heavy atom. The molecule has 1 N–H and O–H groups in total. The number of aryl methyl sites for hydroxylation is 1. The SMILES string of the molecule is CSc1ccc(NC(C)=O)c(C)c1. The van der Waals surface area contributed by atoms with Crippen LogP contribution in [0.15, 0.2) is 23.1 Å². The Morgan fingerprint density at radius 3 is 2.62 bits per heavy atom. The molecule has 1 amide bonds. The minimum Gasteiger partial charge on any atom is -0.326 e. The molecule has 0 aromatic heterocycles. The van der Waals surface area contributed by atoms with E-state index in [2.05, 4.69) is 11.4 Å². The van der Waals surface area contributed by atoms with Gasteiger partial charge in [-0.25, -0.2) is 0 Å². The van der Waals surface area contributed by atoms with Gasteiger partial charge in [0.2, 0.25) is 5.91 Å². The minimum atomic E-state index is -0.0278. The number of amides is 1. The molecule has 0 heterocycles. The summed E-state index contributed by atoms with van der Waals surface area (Å²) >= 11 is 1.70. The third-order valence-corrected chi connectivity index (χ3v) is 2.47. The van der Waals surface area contributed by atoms with Crippen LogP contribution in [-0.2, 0) is 4.79 Å². The predicted octanol–water partition coefficient (Wildman–Crippen LogP) is 2.68. The lowest BCUT2D eigenvalue weighted by atomic mass is 10.2. The molecule has 2 nitrogen and oxygen atoms in total. The zero-order chi connectivity index (χ0) is 9.84. The van der Waals surface area contributed by atoms with E-state index in [1.807, 2.05) is 25.3 Å². The zero-order valence-corrected chi connectivity index (χ0v) is 8.87. The summed E-state index contributed by atoms with van der Waals surface area (Å²) < 4.78 is 0. The smallest absolute Gasteiger partial charge is 0.221 e. The monoisotopic (exact) mass is 195 g/mol. The maximum atomic E-state index is 10.8. The Bertz CT molecular complexity index is 323. The van der Waals surface area contributed by atoms with Gasteiger partial charge in [-0.15, -0.1) is 11.8 Å². The maximum absolute atomic E-state index is 10.8. The zero-order valence-electron chi connectivity index (χ0n) is 8.05. The van der Waals surface area contributed by atoms with Crippen molar-refractivity contribution in [2.75, 3.05) is 11.6 Å². The van der Waals surface area contributed by atoms with Gasteiger partial charge in [0.05, 0.1) is 0 Å².